The second kappa shape index (κ2) is 3.40. The summed E-state index contributed by atoms with van der Waals surface area (Å²) in [6.07, 6.45) is -4.67. The van der Waals surface area contributed by atoms with Crippen molar-refractivity contribution in [1.82, 2.24) is 9.78 Å². The molecule has 7 heteroatoms. The summed E-state index contributed by atoms with van der Waals surface area (Å²) in [5.74, 6) is -0.262. The highest BCUT2D eigenvalue weighted by molar-refractivity contribution is 5.53. The summed E-state index contributed by atoms with van der Waals surface area (Å²) in [4.78, 5) is 0. The Morgan fingerprint density at radius 3 is 2.06 bits per heavy atom. The lowest BCUT2D eigenvalue weighted by Crippen LogP contribution is -2.25. The van der Waals surface area contributed by atoms with Gasteiger partial charge in [0, 0.05) is 0 Å². The molecule has 0 fully saturated rings. The van der Waals surface area contributed by atoms with Crippen LogP contribution in [0.15, 0.2) is 0 Å². The van der Waals surface area contributed by atoms with Crippen molar-refractivity contribution in [2.75, 3.05) is 5.73 Å². The van der Waals surface area contributed by atoms with Crippen molar-refractivity contribution in [1.29, 1.82) is 5.26 Å². The molecule has 0 unspecified atom stereocenters. The number of alkyl halides is 3. The van der Waals surface area contributed by atoms with Crippen LogP contribution in [0.1, 0.15) is 32.0 Å². The predicted molar refractivity (Wildman–Crippen MR) is 51.4 cm³/mol. The van der Waals surface area contributed by atoms with Crippen molar-refractivity contribution >= 4 is 5.82 Å². The van der Waals surface area contributed by atoms with Crippen molar-refractivity contribution in [2.24, 2.45) is 0 Å². The van der Waals surface area contributed by atoms with Gasteiger partial charge in [-0.05, 0) is 20.8 Å². The summed E-state index contributed by atoms with van der Waals surface area (Å²) in [5.41, 5.74) is 2.91. The summed E-state index contributed by atoms with van der Waals surface area (Å²) in [6.45, 7) is 4.95. The molecule has 0 aromatic carbocycles. The molecule has 0 aliphatic rings. The minimum atomic E-state index is -4.67. The Hall–Kier alpha value is -1.71. The Morgan fingerprint density at radius 1 is 1.31 bits per heavy atom. The van der Waals surface area contributed by atoms with Gasteiger partial charge in [-0.25, -0.2) is 4.68 Å². The molecule has 2 N–H and O–H groups in total. The van der Waals surface area contributed by atoms with Gasteiger partial charge in [0.15, 0.2) is 5.69 Å². The smallest absolute Gasteiger partial charge is 0.383 e. The van der Waals surface area contributed by atoms with E-state index in [1.165, 1.54) is 6.07 Å². The number of aromatic nitrogens is 2. The molecule has 1 aromatic heterocycles. The van der Waals surface area contributed by atoms with Crippen LogP contribution in [0.25, 0.3) is 0 Å². The van der Waals surface area contributed by atoms with E-state index < -0.39 is 23.0 Å². The lowest BCUT2D eigenvalue weighted by atomic mass is 10.1. The number of hydrogen-bond acceptors (Lipinski definition) is 3. The van der Waals surface area contributed by atoms with Crippen LogP contribution in [0.2, 0.25) is 0 Å². The molecule has 0 spiro atoms. The summed E-state index contributed by atoms with van der Waals surface area (Å²) >= 11 is 0. The van der Waals surface area contributed by atoms with Crippen LogP contribution >= 0.6 is 0 Å². The second-order valence-corrected chi connectivity index (χ2v) is 4.30. The number of nitrogen functional groups attached to an aromatic ring is 1. The van der Waals surface area contributed by atoms with Gasteiger partial charge < -0.3 is 5.73 Å². The molecular formula is C9H11F3N4. The van der Waals surface area contributed by atoms with E-state index in [-0.39, 0.29) is 5.82 Å². The quantitative estimate of drug-likeness (QED) is 0.744. The molecule has 0 bridgehead atoms. The van der Waals surface area contributed by atoms with Crippen LogP contribution in [-0.4, -0.2) is 9.78 Å². The highest BCUT2D eigenvalue weighted by atomic mass is 19.4. The standard InChI is InChI=1S/C9H11F3N4/c1-8(2,3)16-7(14)5(4-13)6(15-16)9(10,11)12/h14H2,1-3H3. The normalized spacial score (nSPS) is 12.6. The molecule has 0 radical (unpaired) electrons. The number of halogens is 3. The van der Waals surface area contributed by atoms with Crippen LogP contribution in [0.4, 0.5) is 19.0 Å². The fourth-order valence-corrected chi connectivity index (χ4v) is 1.25. The third-order valence-electron chi connectivity index (χ3n) is 1.94. The zero-order valence-corrected chi connectivity index (χ0v) is 9.05. The maximum Gasteiger partial charge on any atom is 0.436 e. The van der Waals surface area contributed by atoms with Crippen molar-refractivity contribution in [3.63, 3.8) is 0 Å². The summed E-state index contributed by atoms with van der Waals surface area (Å²) < 4.78 is 38.6. The summed E-state index contributed by atoms with van der Waals surface area (Å²) in [5, 5.41) is 12.0. The molecule has 1 rings (SSSR count). The van der Waals surface area contributed by atoms with Gasteiger partial charge in [-0.1, -0.05) is 0 Å². The molecule has 0 amide bonds. The number of nitrogens with two attached hydrogens (primary N) is 1. The van der Waals surface area contributed by atoms with Gasteiger partial charge in [0.2, 0.25) is 0 Å². The van der Waals surface area contributed by atoms with Gasteiger partial charge in [0.05, 0.1) is 5.54 Å². The van der Waals surface area contributed by atoms with Crippen LogP contribution in [0.5, 0.6) is 0 Å². The van der Waals surface area contributed by atoms with Crippen LogP contribution in [0, 0.1) is 11.3 Å². The maximum atomic E-state index is 12.5. The van der Waals surface area contributed by atoms with Crippen molar-refractivity contribution in [3.8, 4) is 6.07 Å². The number of nitrogens with zero attached hydrogens (tertiary/aromatic N) is 3. The Labute approximate surface area is 90.5 Å². The molecule has 0 saturated carbocycles. The molecule has 1 heterocycles. The minimum Gasteiger partial charge on any atom is -0.383 e. The van der Waals surface area contributed by atoms with Crippen LogP contribution in [-0.2, 0) is 11.7 Å². The molecule has 16 heavy (non-hydrogen) atoms. The molecule has 0 aliphatic carbocycles. The summed E-state index contributed by atoms with van der Waals surface area (Å²) in [6, 6.07) is 1.43. The highest BCUT2D eigenvalue weighted by Crippen LogP contribution is 2.34. The number of anilines is 1. The minimum absolute atomic E-state index is 0.262. The molecule has 88 valence electrons. The lowest BCUT2D eigenvalue weighted by Gasteiger charge is -2.20. The first-order chi connectivity index (χ1) is 7.09. The van der Waals surface area contributed by atoms with E-state index in [2.05, 4.69) is 5.10 Å². The van der Waals surface area contributed by atoms with E-state index in [4.69, 9.17) is 11.0 Å². The van der Waals surface area contributed by atoms with Crippen LogP contribution in [0.3, 0.4) is 0 Å². The molecule has 4 nitrogen and oxygen atoms in total. The third-order valence-corrected chi connectivity index (χ3v) is 1.94. The first-order valence-corrected chi connectivity index (χ1v) is 4.45. The molecular weight excluding hydrogens is 221 g/mol. The largest absolute Gasteiger partial charge is 0.436 e. The third kappa shape index (κ3) is 1.96. The Kier molecular flexibility index (Phi) is 2.63. The maximum absolute atomic E-state index is 12.5. The van der Waals surface area contributed by atoms with Gasteiger partial charge in [0.1, 0.15) is 17.5 Å². The van der Waals surface area contributed by atoms with Gasteiger partial charge >= 0.3 is 6.18 Å². The molecule has 0 aliphatic heterocycles. The SMILES string of the molecule is CC(C)(C)n1nc(C(F)(F)F)c(C#N)c1N. The monoisotopic (exact) mass is 232 g/mol. The zero-order valence-electron chi connectivity index (χ0n) is 9.05. The Balaban J connectivity index is 3.52. The van der Waals surface area contributed by atoms with E-state index in [1.807, 2.05) is 0 Å². The van der Waals surface area contributed by atoms with E-state index in [9.17, 15) is 13.2 Å². The van der Waals surface area contributed by atoms with Gasteiger partial charge in [0.25, 0.3) is 0 Å². The first-order valence-electron chi connectivity index (χ1n) is 4.45. The fraction of sp³-hybridized carbons (Fsp3) is 0.556. The van der Waals surface area contributed by atoms with Crippen molar-refractivity contribution < 1.29 is 13.2 Å². The van der Waals surface area contributed by atoms with Gasteiger partial charge in [-0.3, -0.25) is 0 Å². The topological polar surface area (TPSA) is 67.6 Å². The lowest BCUT2D eigenvalue weighted by molar-refractivity contribution is -0.141. The average Bonchev–Trinajstić information content (AvgIpc) is 2.40. The predicted octanol–water partition coefficient (Wildman–Crippen LogP) is 2.11. The fourth-order valence-electron chi connectivity index (χ4n) is 1.25. The number of hydrogen-bond donors (Lipinski definition) is 1. The second-order valence-electron chi connectivity index (χ2n) is 4.30. The van der Waals surface area contributed by atoms with Gasteiger partial charge in [-0.15, -0.1) is 0 Å². The summed E-state index contributed by atoms with van der Waals surface area (Å²) in [7, 11) is 0. The number of rotatable bonds is 0. The molecule has 0 saturated heterocycles. The van der Waals surface area contributed by atoms with E-state index in [0.717, 1.165) is 4.68 Å². The van der Waals surface area contributed by atoms with Crippen LogP contribution < -0.4 is 5.73 Å². The van der Waals surface area contributed by atoms with E-state index >= 15 is 0 Å². The average molecular weight is 232 g/mol. The van der Waals surface area contributed by atoms with E-state index in [0.29, 0.717) is 0 Å². The molecule has 1 aromatic rings. The zero-order chi connectivity index (χ0) is 12.7. The Morgan fingerprint density at radius 2 is 1.81 bits per heavy atom. The molecule has 0 atom stereocenters. The van der Waals surface area contributed by atoms with E-state index in [1.54, 1.807) is 20.8 Å². The van der Waals surface area contributed by atoms with Gasteiger partial charge in [-0.2, -0.15) is 23.5 Å². The van der Waals surface area contributed by atoms with Crippen molar-refractivity contribution in [3.05, 3.63) is 11.3 Å². The highest BCUT2D eigenvalue weighted by Gasteiger charge is 2.40. The first kappa shape index (κ1) is 12.4. The number of nitriles is 1. The Bertz CT molecular complexity index is 445. The van der Waals surface area contributed by atoms with Crippen molar-refractivity contribution in [2.45, 2.75) is 32.5 Å².